The van der Waals surface area contributed by atoms with Gasteiger partial charge in [0, 0.05) is 6.07 Å². The maximum atomic E-state index is 13.6. The number of aryl methyl sites for hydroxylation is 1. The number of carbonyl (C=O) groups excluding carboxylic acids is 1. The van der Waals surface area contributed by atoms with Crippen molar-refractivity contribution in [2.75, 3.05) is 11.8 Å². The van der Waals surface area contributed by atoms with Gasteiger partial charge in [-0.25, -0.2) is 22.0 Å². The molecule has 0 radical (unpaired) electrons. The summed E-state index contributed by atoms with van der Waals surface area (Å²) in [6.07, 6.45) is 0. The minimum Gasteiger partial charge on any atom is -0.465 e. The molecule has 122 valence electrons. The summed E-state index contributed by atoms with van der Waals surface area (Å²) in [5.74, 6) is -2.57. The third kappa shape index (κ3) is 3.65. The largest absolute Gasteiger partial charge is 0.465 e. The number of rotatable bonds is 4. The van der Waals surface area contributed by atoms with Crippen molar-refractivity contribution in [1.82, 2.24) is 0 Å². The Kier molecular flexibility index (Phi) is 4.65. The quantitative estimate of drug-likeness (QED) is 0.868. The lowest BCUT2D eigenvalue weighted by atomic mass is 10.1. The molecule has 0 saturated carbocycles. The molecule has 0 aliphatic rings. The van der Waals surface area contributed by atoms with Gasteiger partial charge in [-0.05, 0) is 36.8 Å². The van der Waals surface area contributed by atoms with Crippen LogP contribution in [0.25, 0.3) is 0 Å². The number of carbonyl (C=O) groups is 1. The van der Waals surface area contributed by atoms with Crippen LogP contribution in [0, 0.1) is 18.6 Å². The summed E-state index contributed by atoms with van der Waals surface area (Å²) in [4.78, 5) is 11.3. The Balaban J connectivity index is 2.45. The van der Waals surface area contributed by atoms with Crippen molar-refractivity contribution in [3.05, 3.63) is 59.2 Å². The van der Waals surface area contributed by atoms with Gasteiger partial charge in [-0.15, -0.1) is 0 Å². The maximum Gasteiger partial charge on any atom is 0.337 e. The van der Waals surface area contributed by atoms with Gasteiger partial charge in [-0.3, -0.25) is 4.72 Å². The molecule has 0 aliphatic heterocycles. The van der Waals surface area contributed by atoms with Crippen LogP contribution >= 0.6 is 0 Å². The summed E-state index contributed by atoms with van der Waals surface area (Å²) in [7, 11) is -2.99. The van der Waals surface area contributed by atoms with Crippen LogP contribution in [0.5, 0.6) is 0 Å². The van der Waals surface area contributed by atoms with E-state index in [1.807, 2.05) is 4.72 Å². The third-order valence-corrected chi connectivity index (χ3v) is 4.58. The van der Waals surface area contributed by atoms with Crippen LogP contribution in [0.1, 0.15) is 15.9 Å². The second-order valence-corrected chi connectivity index (χ2v) is 6.35. The molecule has 0 saturated heterocycles. The average molecular weight is 341 g/mol. The molecule has 5 nitrogen and oxygen atoms in total. The number of hydrogen-bond acceptors (Lipinski definition) is 4. The molecule has 0 fully saturated rings. The number of ether oxygens (including phenoxy) is 1. The highest BCUT2D eigenvalue weighted by molar-refractivity contribution is 7.92. The summed E-state index contributed by atoms with van der Waals surface area (Å²) in [5, 5.41) is 0. The molecule has 23 heavy (non-hydrogen) atoms. The fraction of sp³-hybridized carbons (Fsp3) is 0.133. The average Bonchev–Trinajstić information content (AvgIpc) is 2.49. The molecular formula is C15H13F2NO4S. The number of nitrogens with one attached hydrogen (secondary N) is 1. The molecule has 2 aromatic rings. The van der Waals surface area contributed by atoms with Gasteiger partial charge < -0.3 is 4.74 Å². The smallest absolute Gasteiger partial charge is 0.337 e. The van der Waals surface area contributed by atoms with E-state index in [-0.39, 0.29) is 10.5 Å². The summed E-state index contributed by atoms with van der Waals surface area (Å²) in [6.45, 7) is 1.52. The summed E-state index contributed by atoms with van der Waals surface area (Å²) < 4.78 is 57.9. The second-order valence-electron chi connectivity index (χ2n) is 4.70. The number of sulfonamides is 1. The lowest BCUT2D eigenvalue weighted by molar-refractivity contribution is 0.0600. The molecule has 0 aliphatic carbocycles. The summed E-state index contributed by atoms with van der Waals surface area (Å²) >= 11 is 0. The van der Waals surface area contributed by atoms with Crippen LogP contribution < -0.4 is 4.72 Å². The normalized spacial score (nSPS) is 11.1. The van der Waals surface area contributed by atoms with Crippen molar-refractivity contribution >= 4 is 21.7 Å². The predicted molar refractivity (Wildman–Crippen MR) is 79.7 cm³/mol. The minimum atomic E-state index is -4.16. The Morgan fingerprint density at radius 1 is 1.13 bits per heavy atom. The second kappa shape index (κ2) is 6.33. The van der Waals surface area contributed by atoms with Crippen molar-refractivity contribution in [2.45, 2.75) is 11.8 Å². The molecule has 0 aromatic heterocycles. The van der Waals surface area contributed by atoms with E-state index in [0.29, 0.717) is 11.6 Å². The van der Waals surface area contributed by atoms with Gasteiger partial charge in [0.15, 0.2) is 0 Å². The Morgan fingerprint density at radius 2 is 1.83 bits per heavy atom. The van der Waals surface area contributed by atoms with E-state index in [1.165, 1.54) is 26.2 Å². The van der Waals surface area contributed by atoms with Gasteiger partial charge in [0.25, 0.3) is 10.0 Å². The molecule has 2 aromatic carbocycles. The van der Waals surface area contributed by atoms with Crippen molar-refractivity contribution in [3.8, 4) is 0 Å². The van der Waals surface area contributed by atoms with Gasteiger partial charge >= 0.3 is 5.97 Å². The van der Waals surface area contributed by atoms with E-state index in [2.05, 4.69) is 4.74 Å². The number of benzene rings is 2. The number of esters is 1. The Bertz CT molecular complexity index is 866. The highest BCUT2D eigenvalue weighted by Gasteiger charge is 2.21. The SMILES string of the molecule is COC(=O)c1ccc(C)c(S(=O)(=O)Nc2ccc(F)cc2F)c1. The van der Waals surface area contributed by atoms with Gasteiger partial charge in [0.05, 0.1) is 23.3 Å². The first-order valence-corrected chi connectivity index (χ1v) is 7.90. The molecular weight excluding hydrogens is 328 g/mol. The molecule has 2 rings (SSSR count). The third-order valence-electron chi connectivity index (χ3n) is 3.07. The van der Waals surface area contributed by atoms with Crippen LogP contribution in [-0.2, 0) is 14.8 Å². The first-order valence-electron chi connectivity index (χ1n) is 6.41. The molecule has 0 atom stereocenters. The lowest BCUT2D eigenvalue weighted by Gasteiger charge is -2.12. The minimum absolute atomic E-state index is 0.0399. The number of anilines is 1. The van der Waals surface area contributed by atoms with E-state index in [0.717, 1.165) is 18.2 Å². The highest BCUT2D eigenvalue weighted by Crippen LogP contribution is 2.23. The number of methoxy groups -OCH3 is 1. The van der Waals surface area contributed by atoms with Gasteiger partial charge in [-0.2, -0.15) is 0 Å². The van der Waals surface area contributed by atoms with Gasteiger partial charge in [0.2, 0.25) is 0 Å². The van der Waals surface area contributed by atoms with Crippen LogP contribution in [0.3, 0.4) is 0 Å². The number of hydrogen-bond donors (Lipinski definition) is 1. The number of halogens is 2. The maximum absolute atomic E-state index is 13.6. The lowest BCUT2D eigenvalue weighted by Crippen LogP contribution is -2.16. The molecule has 0 amide bonds. The topological polar surface area (TPSA) is 72.5 Å². The molecule has 0 heterocycles. The van der Waals surface area contributed by atoms with Crippen molar-refractivity contribution in [1.29, 1.82) is 0 Å². The standard InChI is InChI=1S/C15H13F2NO4S/c1-9-3-4-10(15(19)22-2)7-14(9)23(20,21)18-13-6-5-11(16)8-12(13)17/h3-8,18H,1-2H3. The van der Waals surface area contributed by atoms with E-state index in [9.17, 15) is 22.0 Å². The van der Waals surface area contributed by atoms with E-state index >= 15 is 0 Å². The highest BCUT2D eigenvalue weighted by atomic mass is 32.2. The fourth-order valence-corrected chi connectivity index (χ4v) is 3.25. The Morgan fingerprint density at radius 3 is 2.43 bits per heavy atom. The molecule has 1 N–H and O–H groups in total. The first-order chi connectivity index (χ1) is 10.7. The molecule has 0 spiro atoms. The summed E-state index contributed by atoms with van der Waals surface area (Å²) in [6, 6.07) is 6.45. The van der Waals surface area contributed by atoms with E-state index < -0.39 is 33.3 Å². The predicted octanol–water partition coefficient (Wildman–Crippen LogP) is 2.86. The van der Waals surface area contributed by atoms with Crippen molar-refractivity contribution in [3.63, 3.8) is 0 Å². The first kappa shape index (κ1) is 16.9. The monoisotopic (exact) mass is 341 g/mol. The Hall–Kier alpha value is -2.48. The van der Waals surface area contributed by atoms with Gasteiger partial charge in [-0.1, -0.05) is 6.07 Å². The molecule has 0 unspecified atom stereocenters. The van der Waals surface area contributed by atoms with Gasteiger partial charge in [0.1, 0.15) is 11.6 Å². The van der Waals surface area contributed by atoms with Crippen molar-refractivity contribution < 1.29 is 26.7 Å². The molecule has 8 heteroatoms. The van der Waals surface area contributed by atoms with Crippen molar-refractivity contribution in [2.24, 2.45) is 0 Å². The van der Waals surface area contributed by atoms with E-state index in [1.54, 1.807) is 0 Å². The molecule has 0 bridgehead atoms. The van der Waals surface area contributed by atoms with Crippen LogP contribution in [0.15, 0.2) is 41.3 Å². The summed E-state index contributed by atoms with van der Waals surface area (Å²) in [5.41, 5.74) is -0.00000270. The zero-order valence-electron chi connectivity index (χ0n) is 12.3. The Labute approximate surface area is 132 Å². The zero-order chi connectivity index (χ0) is 17.2. The fourth-order valence-electron chi connectivity index (χ4n) is 1.91. The van der Waals surface area contributed by atoms with Crippen LogP contribution in [0.2, 0.25) is 0 Å². The van der Waals surface area contributed by atoms with E-state index in [4.69, 9.17) is 0 Å². The van der Waals surface area contributed by atoms with Crippen LogP contribution in [-0.4, -0.2) is 21.5 Å². The zero-order valence-corrected chi connectivity index (χ0v) is 13.1. The van der Waals surface area contributed by atoms with Crippen LogP contribution in [0.4, 0.5) is 14.5 Å².